The predicted molar refractivity (Wildman–Crippen MR) is 109 cm³/mol. The van der Waals surface area contributed by atoms with Crippen LogP contribution in [0.2, 0.25) is 18.1 Å². The second-order valence-electron chi connectivity index (χ2n) is 9.99. The van der Waals surface area contributed by atoms with Crippen molar-refractivity contribution in [1.29, 1.82) is 0 Å². The highest BCUT2D eigenvalue weighted by atomic mass is 28.4. The van der Waals surface area contributed by atoms with Crippen LogP contribution in [-0.4, -0.2) is 61.1 Å². The van der Waals surface area contributed by atoms with Gasteiger partial charge in [0.05, 0.1) is 19.3 Å². The minimum absolute atomic E-state index is 0.101. The maximum absolute atomic E-state index is 12.6. The average molecular weight is 400 g/mol. The Morgan fingerprint density at radius 2 is 1.85 bits per heavy atom. The van der Waals surface area contributed by atoms with E-state index in [1.54, 1.807) is 34.6 Å². The van der Waals surface area contributed by atoms with E-state index >= 15 is 0 Å². The van der Waals surface area contributed by atoms with E-state index in [1.807, 2.05) is 0 Å². The summed E-state index contributed by atoms with van der Waals surface area (Å²) in [5, 5.41) is 10.6. The molecule has 0 unspecified atom stereocenters. The number of hydrogen-bond acceptors (Lipinski definition) is 5. The molecule has 156 valence electrons. The van der Waals surface area contributed by atoms with E-state index < -0.39 is 37.9 Å². The maximum Gasteiger partial charge on any atom is 0.413 e. The molecule has 1 amide bonds. The van der Waals surface area contributed by atoms with Gasteiger partial charge >= 0.3 is 6.09 Å². The van der Waals surface area contributed by atoms with Crippen molar-refractivity contribution in [2.24, 2.45) is 0 Å². The third-order valence-electron chi connectivity index (χ3n) is 5.04. The van der Waals surface area contributed by atoms with E-state index in [4.69, 9.17) is 13.9 Å². The van der Waals surface area contributed by atoms with E-state index in [2.05, 4.69) is 45.7 Å². The monoisotopic (exact) mass is 399 g/mol. The summed E-state index contributed by atoms with van der Waals surface area (Å²) in [5.74, 6) is 5.71. The van der Waals surface area contributed by atoms with Gasteiger partial charge in [0, 0.05) is 0 Å². The number of hydrogen-bond donors (Lipinski definition) is 1. The van der Waals surface area contributed by atoms with Gasteiger partial charge in [-0.1, -0.05) is 32.6 Å². The molecular weight excluding hydrogens is 362 g/mol. The number of aliphatic hydroxyl groups excluding tert-OH is 1. The van der Waals surface area contributed by atoms with Crippen molar-refractivity contribution in [3.8, 4) is 11.8 Å². The lowest BCUT2D eigenvalue weighted by Crippen LogP contribution is -2.53. The second kappa shape index (κ2) is 8.12. The topological polar surface area (TPSA) is 68.2 Å². The van der Waals surface area contributed by atoms with Crippen molar-refractivity contribution in [3.05, 3.63) is 0 Å². The number of nitrogens with zero attached hydrogens (tertiary/aromatic N) is 1. The van der Waals surface area contributed by atoms with Gasteiger partial charge in [-0.2, -0.15) is 0 Å². The number of aliphatic hydroxyl groups is 1. The molecule has 6 nitrogen and oxygen atoms in total. The van der Waals surface area contributed by atoms with Gasteiger partial charge in [0.2, 0.25) is 0 Å². The number of carbonyl (C=O) groups is 1. The van der Waals surface area contributed by atoms with Gasteiger partial charge in [-0.15, -0.1) is 0 Å². The van der Waals surface area contributed by atoms with E-state index in [0.717, 1.165) is 0 Å². The summed E-state index contributed by atoms with van der Waals surface area (Å²) in [7, 11) is -1.88. The number of ether oxygens (including phenoxy) is 2. The Morgan fingerprint density at radius 1 is 1.30 bits per heavy atom. The van der Waals surface area contributed by atoms with Crippen LogP contribution < -0.4 is 0 Å². The first-order valence-corrected chi connectivity index (χ1v) is 12.4. The zero-order chi connectivity index (χ0) is 21.3. The van der Waals surface area contributed by atoms with Gasteiger partial charge in [0.15, 0.2) is 8.32 Å². The van der Waals surface area contributed by atoms with Gasteiger partial charge in [0.1, 0.15) is 17.4 Å². The maximum atomic E-state index is 12.6. The Balaban J connectivity index is 2.82. The van der Waals surface area contributed by atoms with E-state index in [9.17, 15) is 9.90 Å². The van der Waals surface area contributed by atoms with Crippen LogP contribution in [0.1, 0.15) is 55.4 Å². The molecule has 0 aromatic carbocycles. The smallest absolute Gasteiger partial charge is 0.413 e. The number of amides is 1. The highest BCUT2D eigenvalue weighted by Gasteiger charge is 2.48. The average Bonchev–Trinajstić information content (AvgIpc) is 2.76. The molecular formula is C20H37NO5Si. The van der Waals surface area contributed by atoms with E-state index in [-0.39, 0.29) is 18.3 Å². The van der Waals surface area contributed by atoms with Crippen LogP contribution in [0.25, 0.3) is 0 Å². The summed E-state index contributed by atoms with van der Waals surface area (Å²) in [6, 6.07) is -0.588. The molecule has 7 heteroatoms. The fourth-order valence-electron chi connectivity index (χ4n) is 2.41. The quantitative estimate of drug-likeness (QED) is 0.578. The van der Waals surface area contributed by atoms with Gasteiger partial charge < -0.3 is 19.0 Å². The molecule has 0 spiro atoms. The first-order chi connectivity index (χ1) is 12.0. The van der Waals surface area contributed by atoms with Crippen molar-refractivity contribution in [2.75, 3.05) is 13.2 Å². The first kappa shape index (κ1) is 24.0. The van der Waals surface area contributed by atoms with E-state index in [1.165, 1.54) is 4.90 Å². The zero-order valence-electron chi connectivity index (χ0n) is 18.6. The molecule has 0 bridgehead atoms. The fraction of sp³-hybridized carbons (Fsp3) is 0.850. The van der Waals surface area contributed by atoms with Crippen LogP contribution in [0.15, 0.2) is 0 Å². The molecule has 0 aromatic rings. The van der Waals surface area contributed by atoms with Crippen molar-refractivity contribution in [2.45, 2.75) is 97.0 Å². The molecule has 0 aromatic heterocycles. The second-order valence-corrected chi connectivity index (χ2v) is 14.8. The Bertz CT molecular complexity index is 592. The van der Waals surface area contributed by atoms with Crippen LogP contribution in [0.3, 0.4) is 0 Å². The minimum Gasteiger partial charge on any atom is -0.444 e. The van der Waals surface area contributed by atoms with E-state index in [0.29, 0.717) is 0 Å². The molecule has 1 aliphatic heterocycles. The van der Waals surface area contributed by atoms with Gasteiger partial charge in [-0.25, -0.2) is 4.79 Å². The van der Waals surface area contributed by atoms with Crippen LogP contribution >= 0.6 is 0 Å². The van der Waals surface area contributed by atoms with Crippen molar-refractivity contribution in [1.82, 2.24) is 4.90 Å². The highest BCUT2D eigenvalue weighted by Crippen LogP contribution is 2.36. The normalized spacial score (nSPS) is 21.4. The molecule has 1 heterocycles. The van der Waals surface area contributed by atoms with Gasteiger partial charge in [0.25, 0.3) is 0 Å². The molecule has 0 radical (unpaired) electrons. The third kappa shape index (κ3) is 6.49. The molecule has 2 atom stereocenters. The first-order valence-electron chi connectivity index (χ1n) is 9.45. The predicted octanol–water partition coefficient (Wildman–Crippen LogP) is 3.74. The Kier molecular flexibility index (Phi) is 7.21. The third-order valence-corrected chi connectivity index (χ3v) is 9.51. The molecule has 1 fully saturated rings. The van der Waals surface area contributed by atoms with Crippen molar-refractivity contribution >= 4 is 14.4 Å². The molecule has 27 heavy (non-hydrogen) atoms. The summed E-state index contributed by atoms with van der Waals surface area (Å²) >= 11 is 0. The van der Waals surface area contributed by atoms with Crippen LogP contribution in [0, 0.1) is 11.8 Å². The molecule has 1 saturated heterocycles. The molecule has 1 rings (SSSR count). The summed E-state index contributed by atoms with van der Waals surface area (Å²) in [6.45, 7) is 20.2. The van der Waals surface area contributed by atoms with Crippen LogP contribution in [0.4, 0.5) is 4.79 Å². The SMILES string of the molecule is CC(C)(C)OC(=O)N1[C@H]([C@@H](O)C#CCO[Si](C)(C)C(C)(C)C)COC1(C)C. The summed E-state index contributed by atoms with van der Waals surface area (Å²) < 4.78 is 17.2. The Hall–Kier alpha value is -1.07. The highest BCUT2D eigenvalue weighted by molar-refractivity contribution is 6.74. The summed E-state index contributed by atoms with van der Waals surface area (Å²) in [4.78, 5) is 14.0. The molecule has 0 aliphatic carbocycles. The van der Waals surface area contributed by atoms with Crippen LogP contribution in [-0.2, 0) is 13.9 Å². The standard InChI is InChI=1S/C20H37NO5Si/c1-18(2,3)26-17(23)21-15(14-24-20(21,7)8)16(22)12-11-13-25-27(9,10)19(4,5)6/h15-16,22H,13-14H2,1-10H3/t15-,16-/m0/s1. The number of rotatable bonds is 3. The Labute approximate surface area is 165 Å². The molecule has 0 saturated carbocycles. The lowest BCUT2D eigenvalue weighted by atomic mass is 10.1. The minimum atomic E-state index is -1.88. The largest absolute Gasteiger partial charge is 0.444 e. The summed E-state index contributed by atoms with van der Waals surface area (Å²) in [6.07, 6.45) is -1.56. The number of carbonyl (C=O) groups excluding carboxylic acids is 1. The van der Waals surface area contributed by atoms with Gasteiger partial charge in [-0.05, 0) is 52.8 Å². The Morgan fingerprint density at radius 3 is 2.33 bits per heavy atom. The van der Waals surface area contributed by atoms with Crippen molar-refractivity contribution in [3.63, 3.8) is 0 Å². The zero-order valence-corrected chi connectivity index (χ0v) is 19.6. The molecule has 1 aliphatic rings. The lowest BCUT2D eigenvalue weighted by molar-refractivity contribution is -0.0658. The fourth-order valence-corrected chi connectivity index (χ4v) is 3.27. The van der Waals surface area contributed by atoms with Gasteiger partial charge in [-0.3, -0.25) is 4.90 Å². The molecule has 1 N–H and O–H groups in total. The van der Waals surface area contributed by atoms with Crippen LogP contribution in [0.5, 0.6) is 0 Å². The lowest BCUT2D eigenvalue weighted by Gasteiger charge is -2.36. The van der Waals surface area contributed by atoms with Crippen molar-refractivity contribution < 1.29 is 23.8 Å². The summed E-state index contributed by atoms with van der Waals surface area (Å²) in [5.41, 5.74) is -1.50.